The van der Waals surface area contributed by atoms with E-state index in [4.69, 9.17) is 11.6 Å². The molecule has 142 valence electrons. The van der Waals surface area contributed by atoms with Gasteiger partial charge in [-0.1, -0.05) is 41.9 Å². The van der Waals surface area contributed by atoms with Crippen molar-refractivity contribution in [3.8, 4) is 0 Å². The Balaban J connectivity index is 1.43. The van der Waals surface area contributed by atoms with Crippen molar-refractivity contribution in [3.05, 3.63) is 82.6 Å². The van der Waals surface area contributed by atoms with E-state index in [1.807, 2.05) is 47.4 Å². The lowest BCUT2D eigenvalue weighted by atomic mass is 10.0. The topological polar surface area (TPSA) is 58.1 Å². The van der Waals surface area contributed by atoms with Crippen molar-refractivity contribution in [2.45, 2.75) is 19.3 Å². The molecule has 0 fully saturated rings. The summed E-state index contributed by atoms with van der Waals surface area (Å²) in [6, 6.07) is 17.5. The number of amides is 1. The Morgan fingerprint density at radius 3 is 2.79 bits per heavy atom. The molecular weight excluding hydrogens is 372 g/mol. The van der Waals surface area contributed by atoms with E-state index < -0.39 is 0 Å². The quantitative estimate of drug-likeness (QED) is 0.700. The summed E-state index contributed by atoms with van der Waals surface area (Å²) in [5.41, 5.74) is 3.77. The van der Waals surface area contributed by atoms with E-state index in [0.717, 1.165) is 30.0 Å². The maximum Gasteiger partial charge on any atom is 0.277 e. The zero-order valence-corrected chi connectivity index (χ0v) is 16.2. The molecule has 0 unspecified atom stereocenters. The number of nitrogens with one attached hydrogen (secondary N) is 1. The zero-order chi connectivity index (χ0) is 19.3. The summed E-state index contributed by atoms with van der Waals surface area (Å²) in [5.74, 6) is 0.375. The van der Waals surface area contributed by atoms with Gasteiger partial charge < -0.3 is 10.2 Å². The van der Waals surface area contributed by atoms with Crippen LogP contribution in [-0.4, -0.2) is 29.0 Å². The summed E-state index contributed by atoms with van der Waals surface area (Å²) in [7, 11) is 0. The van der Waals surface area contributed by atoms with Crippen molar-refractivity contribution in [2.24, 2.45) is 0 Å². The van der Waals surface area contributed by atoms with Crippen LogP contribution in [0.15, 0.2) is 60.8 Å². The number of hydrogen-bond acceptors (Lipinski definition) is 4. The van der Waals surface area contributed by atoms with E-state index in [-0.39, 0.29) is 5.91 Å². The second-order valence-electron chi connectivity index (χ2n) is 6.76. The van der Waals surface area contributed by atoms with Crippen LogP contribution in [-0.2, 0) is 12.8 Å². The number of nitrogens with zero attached hydrogens (tertiary/aromatic N) is 3. The molecule has 5 nitrogen and oxygen atoms in total. The van der Waals surface area contributed by atoms with Crippen molar-refractivity contribution < 1.29 is 4.79 Å². The molecule has 6 heteroatoms. The predicted octanol–water partition coefficient (Wildman–Crippen LogP) is 4.38. The molecule has 1 aliphatic rings. The van der Waals surface area contributed by atoms with E-state index in [2.05, 4.69) is 21.4 Å². The molecule has 28 heavy (non-hydrogen) atoms. The third kappa shape index (κ3) is 4.15. The maximum atomic E-state index is 13.0. The molecule has 3 aromatic rings. The van der Waals surface area contributed by atoms with E-state index in [9.17, 15) is 4.79 Å². The molecule has 0 saturated carbocycles. The molecule has 0 radical (unpaired) electrons. The highest BCUT2D eigenvalue weighted by atomic mass is 35.5. The highest BCUT2D eigenvalue weighted by molar-refractivity contribution is 6.30. The number of benzene rings is 2. The van der Waals surface area contributed by atoms with Gasteiger partial charge in [-0.15, -0.1) is 0 Å². The van der Waals surface area contributed by atoms with Gasteiger partial charge in [-0.05, 0) is 54.7 Å². The normalized spacial score (nSPS) is 13.1. The van der Waals surface area contributed by atoms with Gasteiger partial charge in [-0.3, -0.25) is 4.79 Å². The number of aryl methyl sites for hydroxylation is 1. The van der Waals surface area contributed by atoms with E-state index in [0.29, 0.717) is 24.7 Å². The lowest BCUT2D eigenvalue weighted by Crippen LogP contribution is -2.36. The van der Waals surface area contributed by atoms with Crippen LogP contribution in [0.5, 0.6) is 0 Å². The molecule has 1 aliphatic heterocycles. The standard InChI is InChI=1S/C22H21ClN4O/c23-18-9-7-16(8-10-18)11-13-24-22-25-14-12-19(26-22)21(28)27-15-3-5-17-4-1-2-6-20(17)27/h1-2,4,6-10,12,14H,3,5,11,13,15H2,(H,24,25,26). The minimum Gasteiger partial charge on any atom is -0.354 e. The Hall–Kier alpha value is -2.92. The second-order valence-corrected chi connectivity index (χ2v) is 7.19. The van der Waals surface area contributed by atoms with E-state index in [1.54, 1.807) is 12.3 Å². The lowest BCUT2D eigenvalue weighted by molar-refractivity contribution is 0.0980. The Kier molecular flexibility index (Phi) is 5.53. The van der Waals surface area contributed by atoms with Crippen LogP contribution >= 0.6 is 11.6 Å². The fourth-order valence-electron chi connectivity index (χ4n) is 3.42. The first-order valence-electron chi connectivity index (χ1n) is 9.42. The molecule has 1 amide bonds. The molecule has 1 aromatic heterocycles. The minimum absolute atomic E-state index is 0.0877. The first-order valence-corrected chi connectivity index (χ1v) is 9.79. The lowest BCUT2D eigenvalue weighted by Gasteiger charge is -2.29. The van der Waals surface area contributed by atoms with Crippen molar-refractivity contribution >= 4 is 29.1 Å². The smallest absolute Gasteiger partial charge is 0.277 e. The number of aromatic nitrogens is 2. The molecule has 2 aromatic carbocycles. The molecule has 0 bridgehead atoms. The predicted molar refractivity (Wildman–Crippen MR) is 112 cm³/mol. The van der Waals surface area contributed by atoms with Gasteiger partial charge in [0.25, 0.3) is 5.91 Å². The number of halogens is 1. The van der Waals surface area contributed by atoms with Gasteiger partial charge in [0.05, 0.1) is 0 Å². The number of para-hydroxylation sites is 1. The summed E-state index contributed by atoms with van der Waals surface area (Å²) in [6.45, 7) is 1.38. The second kappa shape index (κ2) is 8.40. The number of hydrogen-bond donors (Lipinski definition) is 1. The highest BCUT2D eigenvalue weighted by Gasteiger charge is 2.24. The highest BCUT2D eigenvalue weighted by Crippen LogP contribution is 2.27. The van der Waals surface area contributed by atoms with Gasteiger partial charge in [0, 0.05) is 30.0 Å². The average Bonchev–Trinajstić information content (AvgIpc) is 2.74. The largest absolute Gasteiger partial charge is 0.354 e. The molecule has 2 heterocycles. The summed E-state index contributed by atoms with van der Waals surface area (Å²) in [5, 5.41) is 3.93. The molecule has 0 aliphatic carbocycles. The van der Waals surface area contributed by atoms with Crippen LogP contribution in [0.25, 0.3) is 0 Å². The van der Waals surface area contributed by atoms with Crippen LogP contribution in [0.3, 0.4) is 0 Å². The summed E-state index contributed by atoms with van der Waals surface area (Å²) in [4.78, 5) is 23.5. The molecular formula is C22H21ClN4O. The van der Waals surface area contributed by atoms with Gasteiger partial charge in [-0.2, -0.15) is 0 Å². The minimum atomic E-state index is -0.0877. The fraction of sp³-hybridized carbons (Fsp3) is 0.227. The third-order valence-corrected chi connectivity index (χ3v) is 5.09. The van der Waals surface area contributed by atoms with Crippen molar-refractivity contribution in [1.29, 1.82) is 0 Å². The third-order valence-electron chi connectivity index (χ3n) is 4.84. The Labute approximate surface area is 169 Å². The number of carbonyl (C=O) groups is 1. The number of carbonyl (C=O) groups excluding carboxylic acids is 1. The van der Waals surface area contributed by atoms with Gasteiger partial charge in [0.15, 0.2) is 0 Å². The van der Waals surface area contributed by atoms with E-state index in [1.165, 1.54) is 11.1 Å². The van der Waals surface area contributed by atoms with Crippen LogP contribution in [0.2, 0.25) is 5.02 Å². The first-order chi connectivity index (χ1) is 13.7. The van der Waals surface area contributed by atoms with Crippen LogP contribution in [0.1, 0.15) is 28.0 Å². The molecule has 0 spiro atoms. The number of rotatable bonds is 5. The SMILES string of the molecule is O=C(c1ccnc(NCCc2ccc(Cl)cc2)n1)N1CCCc2ccccc21. The molecule has 1 N–H and O–H groups in total. The Morgan fingerprint density at radius 2 is 1.93 bits per heavy atom. The molecule has 0 saturated heterocycles. The molecule has 0 atom stereocenters. The van der Waals surface area contributed by atoms with Crippen LogP contribution in [0.4, 0.5) is 11.6 Å². The number of fused-ring (bicyclic) bond motifs is 1. The summed E-state index contributed by atoms with van der Waals surface area (Å²) in [6.07, 6.45) is 4.40. The van der Waals surface area contributed by atoms with E-state index >= 15 is 0 Å². The summed E-state index contributed by atoms with van der Waals surface area (Å²) < 4.78 is 0. The van der Waals surface area contributed by atoms with Crippen molar-refractivity contribution in [2.75, 3.05) is 23.3 Å². The monoisotopic (exact) mass is 392 g/mol. The van der Waals surface area contributed by atoms with Gasteiger partial charge in [0.2, 0.25) is 5.95 Å². The van der Waals surface area contributed by atoms with Crippen LogP contribution < -0.4 is 10.2 Å². The molecule has 4 rings (SSSR count). The average molecular weight is 393 g/mol. The zero-order valence-electron chi connectivity index (χ0n) is 15.4. The van der Waals surface area contributed by atoms with Gasteiger partial charge in [-0.25, -0.2) is 9.97 Å². The Bertz CT molecular complexity index is 974. The Morgan fingerprint density at radius 1 is 1.11 bits per heavy atom. The first kappa shape index (κ1) is 18.4. The van der Waals surface area contributed by atoms with Gasteiger partial charge in [0.1, 0.15) is 5.69 Å². The number of anilines is 2. The fourth-order valence-corrected chi connectivity index (χ4v) is 3.54. The summed E-state index contributed by atoms with van der Waals surface area (Å²) >= 11 is 5.91. The maximum absolute atomic E-state index is 13.0. The van der Waals surface area contributed by atoms with Gasteiger partial charge >= 0.3 is 0 Å². The van der Waals surface area contributed by atoms with Crippen LogP contribution in [0, 0.1) is 0 Å². The van der Waals surface area contributed by atoms with Crippen molar-refractivity contribution in [3.63, 3.8) is 0 Å². The van der Waals surface area contributed by atoms with Crippen molar-refractivity contribution in [1.82, 2.24) is 9.97 Å².